The number of nitrogens with one attached hydrogen (secondary N) is 1. The van der Waals surface area contributed by atoms with Crippen molar-refractivity contribution in [1.29, 1.82) is 0 Å². The molecule has 0 saturated heterocycles. The van der Waals surface area contributed by atoms with E-state index in [-0.39, 0.29) is 24.2 Å². The Morgan fingerprint density at radius 2 is 2.17 bits per heavy atom. The van der Waals surface area contributed by atoms with Gasteiger partial charge in [0.25, 0.3) is 5.91 Å². The molecule has 1 fully saturated rings. The monoisotopic (exact) mass is 252 g/mol. The predicted molar refractivity (Wildman–Crippen MR) is 66.7 cm³/mol. The summed E-state index contributed by atoms with van der Waals surface area (Å²) >= 11 is 0. The SMILES string of the molecule is Nc1ccc(OCC(=O)NC2CCCC2)cc1F. The van der Waals surface area contributed by atoms with Gasteiger partial charge in [0.2, 0.25) is 0 Å². The van der Waals surface area contributed by atoms with Crippen molar-refractivity contribution in [2.75, 3.05) is 12.3 Å². The summed E-state index contributed by atoms with van der Waals surface area (Å²) < 4.78 is 18.3. The number of amides is 1. The second-order valence-corrected chi connectivity index (χ2v) is 4.52. The number of halogens is 1. The van der Waals surface area contributed by atoms with Crippen LogP contribution >= 0.6 is 0 Å². The molecule has 5 heteroatoms. The number of rotatable bonds is 4. The van der Waals surface area contributed by atoms with E-state index < -0.39 is 5.82 Å². The van der Waals surface area contributed by atoms with E-state index in [9.17, 15) is 9.18 Å². The van der Waals surface area contributed by atoms with Gasteiger partial charge < -0.3 is 15.8 Å². The van der Waals surface area contributed by atoms with Gasteiger partial charge in [-0.1, -0.05) is 12.8 Å². The van der Waals surface area contributed by atoms with Crippen molar-refractivity contribution in [3.63, 3.8) is 0 Å². The summed E-state index contributed by atoms with van der Waals surface area (Å²) in [7, 11) is 0. The Hall–Kier alpha value is -1.78. The number of hydrogen-bond donors (Lipinski definition) is 2. The van der Waals surface area contributed by atoms with Crippen LogP contribution in [0.5, 0.6) is 5.75 Å². The van der Waals surface area contributed by atoms with Crippen molar-refractivity contribution in [3.8, 4) is 5.75 Å². The number of ether oxygens (including phenoxy) is 1. The molecular formula is C13H17FN2O2. The summed E-state index contributed by atoms with van der Waals surface area (Å²) in [6, 6.07) is 4.41. The highest BCUT2D eigenvalue weighted by atomic mass is 19.1. The number of carbonyl (C=O) groups excluding carboxylic acids is 1. The Morgan fingerprint density at radius 1 is 1.44 bits per heavy atom. The van der Waals surface area contributed by atoms with Gasteiger partial charge in [-0.3, -0.25) is 4.79 Å². The first-order valence-electron chi connectivity index (χ1n) is 6.12. The molecule has 0 aliphatic heterocycles. The van der Waals surface area contributed by atoms with E-state index in [1.807, 2.05) is 0 Å². The van der Waals surface area contributed by atoms with E-state index in [0.717, 1.165) is 25.7 Å². The summed E-state index contributed by atoms with van der Waals surface area (Å²) in [5.41, 5.74) is 5.41. The third kappa shape index (κ3) is 3.35. The number of nitrogens with two attached hydrogens (primary N) is 1. The number of benzene rings is 1. The van der Waals surface area contributed by atoms with E-state index in [4.69, 9.17) is 10.5 Å². The Morgan fingerprint density at radius 3 is 2.83 bits per heavy atom. The van der Waals surface area contributed by atoms with Gasteiger partial charge in [0.15, 0.2) is 6.61 Å². The molecule has 3 N–H and O–H groups in total. The molecule has 0 aromatic heterocycles. The molecule has 1 aliphatic rings. The molecule has 4 nitrogen and oxygen atoms in total. The lowest BCUT2D eigenvalue weighted by Gasteiger charge is -2.12. The van der Waals surface area contributed by atoms with Crippen LogP contribution in [0.3, 0.4) is 0 Å². The molecule has 2 rings (SSSR count). The maximum absolute atomic E-state index is 13.1. The summed E-state index contributed by atoms with van der Waals surface area (Å²) in [4.78, 5) is 11.6. The largest absolute Gasteiger partial charge is 0.484 e. The van der Waals surface area contributed by atoms with Crippen LogP contribution in [0.25, 0.3) is 0 Å². The Kier molecular flexibility index (Phi) is 4.02. The van der Waals surface area contributed by atoms with Crippen LogP contribution in [0.4, 0.5) is 10.1 Å². The highest BCUT2D eigenvalue weighted by Gasteiger charge is 2.17. The summed E-state index contributed by atoms with van der Waals surface area (Å²) in [6.07, 6.45) is 4.38. The fourth-order valence-electron chi connectivity index (χ4n) is 2.09. The molecular weight excluding hydrogens is 235 g/mol. The highest BCUT2D eigenvalue weighted by molar-refractivity contribution is 5.77. The molecule has 1 aromatic carbocycles. The van der Waals surface area contributed by atoms with Gasteiger partial charge in [-0.25, -0.2) is 4.39 Å². The van der Waals surface area contributed by atoms with Gasteiger partial charge in [-0.15, -0.1) is 0 Å². The van der Waals surface area contributed by atoms with Gasteiger partial charge >= 0.3 is 0 Å². The number of anilines is 1. The van der Waals surface area contributed by atoms with Crippen LogP contribution < -0.4 is 15.8 Å². The van der Waals surface area contributed by atoms with Gasteiger partial charge in [0.1, 0.15) is 11.6 Å². The molecule has 1 amide bonds. The molecule has 0 radical (unpaired) electrons. The van der Waals surface area contributed by atoms with E-state index in [0.29, 0.717) is 5.75 Å². The summed E-state index contributed by atoms with van der Waals surface area (Å²) in [5, 5.41) is 2.89. The van der Waals surface area contributed by atoms with E-state index in [1.165, 1.54) is 12.1 Å². The molecule has 0 heterocycles. The maximum atomic E-state index is 13.1. The fourth-order valence-corrected chi connectivity index (χ4v) is 2.09. The summed E-state index contributed by atoms with van der Waals surface area (Å²) in [6.45, 7) is -0.0974. The maximum Gasteiger partial charge on any atom is 0.258 e. The first-order chi connectivity index (χ1) is 8.65. The fraction of sp³-hybridized carbons (Fsp3) is 0.462. The second kappa shape index (κ2) is 5.71. The Labute approximate surface area is 105 Å². The zero-order chi connectivity index (χ0) is 13.0. The van der Waals surface area contributed by atoms with Crippen LogP contribution in [0.1, 0.15) is 25.7 Å². The van der Waals surface area contributed by atoms with Crippen LogP contribution in [0.15, 0.2) is 18.2 Å². The van der Waals surface area contributed by atoms with E-state index >= 15 is 0 Å². The van der Waals surface area contributed by atoms with Crippen LogP contribution in [-0.4, -0.2) is 18.6 Å². The molecule has 0 atom stereocenters. The average Bonchev–Trinajstić information content (AvgIpc) is 2.83. The van der Waals surface area contributed by atoms with E-state index in [2.05, 4.69) is 5.32 Å². The van der Waals surface area contributed by atoms with Crippen molar-refractivity contribution < 1.29 is 13.9 Å². The lowest BCUT2D eigenvalue weighted by Crippen LogP contribution is -2.36. The normalized spacial score (nSPS) is 15.6. The minimum atomic E-state index is -0.538. The van der Waals surface area contributed by atoms with Gasteiger partial charge in [-0.05, 0) is 25.0 Å². The van der Waals surface area contributed by atoms with Crippen LogP contribution in [-0.2, 0) is 4.79 Å². The van der Waals surface area contributed by atoms with Gasteiger partial charge in [0, 0.05) is 12.1 Å². The zero-order valence-electron chi connectivity index (χ0n) is 10.1. The first kappa shape index (κ1) is 12.7. The Balaban J connectivity index is 1.79. The van der Waals surface area contributed by atoms with Crippen molar-refractivity contribution in [1.82, 2.24) is 5.32 Å². The smallest absolute Gasteiger partial charge is 0.258 e. The van der Waals surface area contributed by atoms with Gasteiger partial charge in [0.05, 0.1) is 5.69 Å². The van der Waals surface area contributed by atoms with Crippen molar-refractivity contribution >= 4 is 11.6 Å². The standard InChI is InChI=1S/C13H17FN2O2/c14-11-7-10(5-6-12(11)15)18-8-13(17)16-9-3-1-2-4-9/h5-7,9H,1-4,8,15H2,(H,16,17). The molecule has 98 valence electrons. The third-order valence-corrected chi connectivity index (χ3v) is 3.06. The molecule has 1 saturated carbocycles. The molecule has 1 aliphatic carbocycles. The quantitative estimate of drug-likeness (QED) is 0.804. The second-order valence-electron chi connectivity index (χ2n) is 4.52. The van der Waals surface area contributed by atoms with E-state index in [1.54, 1.807) is 6.07 Å². The molecule has 0 unspecified atom stereocenters. The van der Waals surface area contributed by atoms with Crippen LogP contribution in [0, 0.1) is 5.82 Å². The minimum absolute atomic E-state index is 0.0674. The topological polar surface area (TPSA) is 64.3 Å². The number of hydrogen-bond acceptors (Lipinski definition) is 3. The molecule has 18 heavy (non-hydrogen) atoms. The van der Waals surface area contributed by atoms with Gasteiger partial charge in [-0.2, -0.15) is 0 Å². The van der Waals surface area contributed by atoms with Crippen molar-refractivity contribution in [3.05, 3.63) is 24.0 Å². The van der Waals surface area contributed by atoms with Crippen LogP contribution in [0.2, 0.25) is 0 Å². The highest BCUT2D eigenvalue weighted by Crippen LogP contribution is 2.19. The van der Waals surface area contributed by atoms with Crippen molar-refractivity contribution in [2.45, 2.75) is 31.7 Å². The lowest BCUT2D eigenvalue weighted by atomic mass is 10.2. The Bertz CT molecular complexity index is 431. The minimum Gasteiger partial charge on any atom is -0.484 e. The first-order valence-corrected chi connectivity index (χ1v) is 6.12. The van der Waals surface area contributed by atoms with Crippen molar-refractivity contribution in [2.24, 2.45) is 0 Å². The number of carbonyl (C=O) groups is 1. The zero-order valence-corrected chi connectivity index (χ0v) is 10.1. The lowest BCUT2D eigenvalue weighted by molar-refractivity contribution is -0.123. The average molecular weight is 252 g/mol. The molecule has 0 spiro atoms. The molecule has 1 aromatic rings. The number of nitrogen functional groups attached to an aromatic ring is 1. The third-order valence-electron chi connectivity index (χ3n) is 3.06. The summed E-state index contributed by atoms with van der Waals surface area (Å²) in [5.74, 6) is -0.397. The predicted octanol–water partition coefficient (Wildman–Crippen LogP) is 1.85. The molecule has 0 bridgehead atoms.